The van der Waals surface area contributed by atoms with Crippen LogP contribution in [0.2, 0.25) is 0 Å². The Morgan fingerprint density at radius 2 is 1.71 bits per heavy atom. The Morgan fingerprint density at radius 3 is 2.24 bits per heavy atom. The van der Waals surface area contributed by atoms with Crippen molar-refractivity contribution in [2.75, 3.05) is 11.1 Å². The van der Waals surface area contributed by atoms with Gasteiger partial charge in [0.2, 0.25) is 0 Å². The number of rotatable bonds is 2. The van der Waals surface area contributed by atoms with Crippen LogP contribution in [0.3, 0.4) is 0 Å². The van der Waals surface area contributed by atoms with Gasteiger partial charge in [-0.1, -0.05) is 0 Å². The first-order valence-corrected chi connectivity index (χ1v) is 6.89. The Morgan fingerprint density at radius 1 is 1.10 bits per heavy atom. The van der Waals surface area contributed by atoms with Gasteiger partial charge >= 0.3 is 6.18 Å². The van der Waals surface area contributed by atoms with Crippen molar-refractivity contribution in [3.05, 3.63) is 57.2 Å². The molecule has 0 spiro atoms. The second kappa shape index (κ2) is 5.92. The Labute approximate surface area is 132 Å². The summed E-state index contributed by atoms with van der Waals surface area (Å²) in [5.41, 5.74) is 5.11. The molecule has 21 heavy (non-hydrogen) atoms. The lowest BCUT2D eigenvalue weighted by molar-refractivity contribution is -0.137. The van der Waals surface area contributed by atoms with Gasteiger partial charge in [-0.25, -0.2) is 0 Å². The molecular weight excluding hydrogens is 396 g/mol. The lowest BCUT2D eigenvalue weighted by Gasteiger charge is -2.12. The van der Waals surface area contributed by atoms with Crippen molar-refractivity contribution < 1.29 is 18.0 Å². The van der Waals surface area contributed by atoms with Gasteiger partial charge in [-0.15, -0.1) is 0 Å². The monoisotopic (exact) mass is 406 g/mol. The van der Waals surface area contributed by atoms with E-state index in [-0.39, 0.29) is 11.4 Å². The average molecular weight is 406 g/mol. The summed E-state index contributed by atoms with van der Waals surface area (Å²) in [5.74, 6) is -0.433. The fourth-order valence-corrected chi connectivity index (χ4v) is 2.01. The van der Waals surface area contributed by atoms with Gasteiger partial charge in [0.05, 0.1) is 16.9 Å². The molecule has 3 nitrogen and oxygen atoms in total. The van der Waals surface area contributed by atoms with Crippen molar-refractivity contribution in [1.82, 2.24) is 0 Å². The summed E-state index contributed by atoms with van der Waals surface area (Å²) in [4.78, 5) is 12.0. The van der Waals surface area contributed by atoms with E-state index in [0.29, 0.717) is 5.56 Å². The molecule has 2 rings (SSSR count). The minimum absolute atomic E-state index is 0.135. The van der Waals surface area contributed by atoms with Gasteiger partial charge in [-0.05, 0) is 65.1 Å². The van der Waals surface area contributed by atoms with Crippen molar-refractivity contribution in [3.8, 4) is 0 Å². The molecule has 0 radical (unpaired) electrons. The molecule has 0 heterocycles. The minimum Gasteiger partial charge on any atom is -0.397 e. The molecule has 0 aliphatic heterocycles. The second-order valence-corrected chi connectivity index (χ2v) is 5.51. The quantitative estimate of drug-likeness (QED) is 0.582. The molecule has 2 aromatic rings. The number of benzene rings is 2. The molecule has 110 valence electrons. The maximum atomic E-state index is 12.5. The number of nitrogens with two attached hydrogens (primary N) is 1. The van der Waals surface area contributed by atoms with Crippen LogP contribution in [0, 0.1) is 3.57 Å². The van der Waals surface area contributed by atoms with Crippen molar-refractivity contribution >= 4 is 39.9 Å². The summed E-state index contributed by atoms with van der Waals surface area (Å²) in [6, 6.07) is 9.57. The summed E-state index contributed by atoms with van der Waals surface area (Å²) in [7, 11) is 0. The standard InChI is InChI=1S/C14H10F3IN2O/c15-14(16,17)9-3-6-12(11(19)7-9)20-13(21)8-1-4-10(18)5-2-8/h1-7H,19H2,(H,20,21). The van der Waals surface area contributed by atoms with Crippen molar-refractivity contribution in [3.63, 3.8) is 0 Å². The van der Waals surface area contributed by atoms with Gasteiger partial charge in [-0.3, -0.25) is 4.79 Å². The van der Waals surface area contributed by atoms with Crippen LogP contribution in [0.1, 0.15) is 15.9 Å². The number of carbonyl (C=O) groups is 1. The van der Waals surface area contributed by atoms with Crippen LogP contribution in [-0.2, 0) is 6.18 Å². The molecule has 2 aromatic carbocycles. The smallest absolute Gasteiger partial charge is 0.397 e. The zero-order chi connectivity index (χ0) is 15.6. The number of alkyl halides is 3. The molecule has 0 unspecified atom stereocenters. The van der Waals surface area contributed by atoms with Gasteiger partial charge in [0.25, 0.3) is 5.91 Å². The molecule has 0 fully saturated rings. The number of anilines is 2. The maximum Gasteiger partial charge on any atom is 0.416 e. The topological polar surface area (TPSA) is 55.1 Å². The molecule has 0 bridgehead atoms. The average Bonchev–Trinajstić information content (AvgIpc) is 2.40. The number of hydrogen-bond acceptors (Lipinski definition) is 2. The summed E-state index contributed by atoms with van der Waals surface area (Å²) in [5, 5.41) is 2.49. The highest BCUT2D eigenvalue weighted by molar-refractivity contribution is 14.1. The molecule has 0 atom stereocenters. The van der Waals surface area contributed by atoms with Gasteiger partial charge < -0.3 is 11.1 Å². The van der Waals surface area contributed by atoms with Gasteiger partial charge in [-0.2, -0.15) is 13.2 Å². The fraction of sp³-hybridized carbons (Fsp3) is 0.0714. The highest BCUT2D eigenvalue weighted by Crippen LogP contribution is 2.32. The number of halogens is 4. The number of hydrogen-bond donors (Lipinski definition) is 2. The van der Waals surface area contributed by atoms with E-state index in [1.165, 1.54) is 0 Å². The van der Waals surface area contributed by atoms with Gasteiger partial charge in [0.15, 0.2) is 0 Å². The van der Waals surface area contributed by atoms with Gasteiger partial charge in [0.1, 0.15) is 0 Å². The number of carbonyl (C=O) groups excluding carboxylic acids is 1. The molecule has 7 heteroatoms. The predicted octanol–water partition coefficient (Wildman–Crippen LogP) is 4.14. The van der Waals surface area contributed by atoms with E-state index in [1.807, 2.05) is 0 Å². The first-order chi connectivity index (χ1) is 9.77. The third-order valence-electron chi connectivity index (χ3n) is 2.73. The van der Waals surface area contributed by atoms with Crippen molar-refractivity contribution in [2.45, 2.75) is 6.18 Å². The third-order valence-corrected chi connectivity index (χ3v) is 3.45. The third kappa shape index (κ3) is 3.87. The van der Waals surface area contributed by atoms with Gasteiger partial charge in [0, 0.05) is 9.13 Å². The van der Waals surface area contributed by atoms with Crippen LogP contribution in [0.4, 0.5) is 24.5 Å². The molecule has 0 aliphatic rings. The van der Waals surface area contributed by atoms with Crippen LogP contribution in [0.5, 0.6) is 0 Å². The molecule has 0 saturated carbocycles. The van der Waals surface area contributed by atoms with E-state index in [9.17, 15) is 18.0 Å². The predicted molar refractivity (Wildman–Crippen MR) is 83.0 cm³/mol. The highest BCUT2D eigenvalue weighted by Gasteiger charge is 2.30. The van der Waals surface area contributed by atoms with E-state index >= 15 is 0 Å². The van der Waals surface area contributed by atoms with Crippen molar-refractivity contribution in [2.24, 2.45) is 0 Å². The zero-order valence-electron chi connectivity index (χ0n) is 10.5. The first kappa shape index (κ1) is 15.6. The fourth-order valence-electron chi connectivity index (χ4n) is 1.65. The van der Waals surface area contributed by atoms with E-state index in [4.69, 9.17) is 5.73 Å². The summed E-state index contributed by atoms with van der Waals surface area (Å²) < 4.78 is 38.5. The largest absolute Gasteiger partial charge is 0.416 e. The van der Waals surface area contributed by atoms with Crippen molar-refractivity contribution in [1.29, 1.82) is 0 Å². The molecular formula is C14H10F3IN2O. The zero-order valence-corrected chi connectivity index (χ0v) is 12.7. The minimum atomic E-state index is -4.47. The Hall–Kier alpha value is -1.77. The van der Waals surface area contributed by atoms with E-state index in [1.54, 1.807) is 24.3 Å². The second-order valence-electron chi connectivity index (χ2n) is 4.26. The van der Waals surface area contributed by atoms with E-state index < -0.39 is 17.6 Å². The molecule has 3 N–H and O–H groups in total. The van der Waals surface area contributed by atoms with E-state index in [0.717, 1.165) is 21.8 Å². The number of nitrogens with one attached hydrogen (secondary N) is 1. The lowest BCUT2D eigenvalue weighted by atomic mass is 10.1. The number of amides is 1. The Kier molecular flexibility index (Phi) is 4.40. The molecule has 0 aromatic heterocycles. The SMILES string of the molecule is Nc1cc(C(F)(F)F)ccc1NC(=O)c1ccc(I)cc1. The maximum absolute atomic E-state index is 12.5. The summed E-state index contributed by atoms with van der Waals surface area (Å²) in [6.07, 6.45) is -4.47. The van der Waals surface area contributed by atoms with Crippen LogP contribution in [0.15, 0.2) is 42.5 Å². The van der Waals surface area contributed by atoms with Crippen LogP contribution in [-0.4, -0.2) is 5.91 Å². The molecule has 1 amide bonds. The normalized spacial score (nSPS) is 11.2. The highest BCUT2D eigenvalue weighted by atomic mass is 127. The van der Waals surface area contributed by atoms with Crippen LogP contribution < -0.4 is 11.1 Å². The molecule has 0 aliphatic carbocycles. The molecule has 0 saturated heterocycles. The van der Waals surface area contributed by atoms with E-state index in [2.05, 4.69) is 27.9 Å². The first-order valence-electron chi connectivity index (χ1n) is 5.81. The lowest BCUT2D eigenvalue weighted by Crippen LogP contribution is -2.14. The van der Waals surface area contributed by atoms with Crippen LogP contribution in [0.25, 0.3) is 0 Å². The number of nitrogen functional groups attached to an aromatic ring is 1. The van der Waals surface area contributed by atoms with Crippen LogP contribution >= 0.6 is 22.6 Å². The Balaban J connectivity index is 2.20. The summed E-state index contributed by atoms with van der Waals surface area (Å²) >= 11 is 2.10. The summed E-state index contributed by atoms with van der Waals surface area (Å²) in [6.45, 7) is 0. The Bertz CT molecular complexity index is 669.